The van der Waals surface area contributed by atoms with E-state index in [1.165, 1.54) is 9.87 Å². The van der Waals surface area contributed by atoms with Gasteiger partial charge in [0.25, 0.3) is 0 Å². The van der Waals surface area contributed by atoms with Gasteiger partial charge in [-0.1, -0.05) is 24.3 Å². The van der Waals surface area contributed by atoms with Gasteiger partial charge in [-0.05, 0) is 25.8 Å². The highest BCUT2D eigenvalue weighted by atomic mass is 32.2. The molecule has 134 valence electrons. The predicted octanol–water partition coefficient (Wildman–Crippen LogP) is 1.87. The minimum Gasteiger partial charge on any atom is -0.391 e. The minimum atomic E-state index is -3.34. The molecule has 0 saturated carbocycles. The number of aromatic nitrogens is 2. The molecule has 0 radical (unpaired) electrons. The number of aliphatic hydroxyl groups excluding tert-OH is 1. The summed E-state index contributed by atoms with van der Waals surface area (Å²) < 4.78 is 28.4. The van der Waals surface area contributed by atoms with Crippen LogP contribution in [0.2, 0.25) is 0 Å². The van der Waals surface area contributed by atoms with Crippen LogP contribution in [0.4, 0.5) is 0 Å². The van der Waals surface area contributed by atoms with Crippen LogP contribution < -0.4 is 0 Å². The first-order valence-corrected chi connectivity index (χ1v) is 10.2. The van der Waals surface area contributed by atoms with Crippen LogP contribution in [0.1, 0.15) is 31.9 Å². The summed E-state index contributed by atoms with van der Waals surface area (Å²) >= 11 is 0. The number of hydrogen-bond acceptors (Lipinski definition) is 4. The monoisotopic (exact) mass is 361 g/mol. The molecule has 1 N–H and O–H groups in total. The third kappa shape index (κ3) is 2.53. The van der Waals surface area contributed by atoms with Crippen molar-refractivity contribution >= 4 is 10.0 Å². The minimum absolute atomic E-state index is 0.00704. The zero-order valence-corrected chi connectivity index (χ0v) is 15.2. The van der Waals surface area contributed by atoms with Crippen LogP contribution >= 0.6 is 0 Å². The Morgan fingerprint density at radius 3 is 2.76 bits per heavy atom. The fraction of sp³-hybridized carbons (Fsp3) is 0.500. The second kappa shape index (κ2) is 5.93. The number of sulfonamides is 1. The molecular weight excluding hydrogens is 338 g/mol. The summed E-state index contributed by atoms with van der Waals surface area (Å²) in [4.78, 5) is 4.27. The van der Waals surface area contributed by atoms with Crippen molar-refractivity contribution in [2.24, 2.45) is 5.92 Å². The lowest BCUT2D eigenvalue weighted by Crippen LogP contribution is -2.50. The highest BCUT2D eigenvalue weighted by Crippen LogP contribution is 2.45. The van der Waals surface area contributed by atoms with E-state index < -0.39 is 21.4 Å². The maximum Gasteiger partial charge on any atom is 0.216 e. The fourth-order valence-electron chi connectivity index (χ4n) is 4.13. The van der Waals surface area contributed by atoms with Crippen molar-refractivity contribution in [1.29, 1.82) is 0 Å². The van der Waals surface area contributed by atoms with Gasteiger partial charge in [-0.25, -0.2) is 13.4 Å². The predicted molar refractivity (Wildman–Crippen MR) is 95.5 cm³/mol. The molecule has 1 aromatic carbocycles. The quantitative estimate of drug-likeness (QED) is 0.906. The second-order valence-electron chi connectivity index (χ2n) is 7.19. The summed E-state index contributed by atoms with van der Waals surface area (Å²) in [5.41, 5.74) is 3.39. The van der Waals surface area contributed by atoms with Crippen LogP contribution in [0, 0.1) is 5.92 Å². The maximum atomic E-state index is 12.4. The molecule has 2 aromatic rings. The van der Waals surface area contributed by atoms with Gasteiger partial charge in [0.15, 0.2) is 0 Å². The normalized spacial score (nSPS) is 26.6. The Labute approximate surface area is 148 Å². The molecule has 0 aliphatic carbocycles. The number of rotatable bonds is 3. The number of benzene rings is 1. The molecule has 1 fully saturated rings. The van der Waals surface area contributed by atoms with Gasteiger partial charge in [0.05, 0.1) is 35.6 Å². The van der Waals surface area contributed by atoms with Crippen LogP contribution in [0.5, 0.6) is 0 Å². The topological polar surface area (TPSA) is 75.4 Å². The highest BCUT2D eigenvalue weighted by Gasteiger charge is 2.42. The lowest BCUT2D eigenvalue weighted by Gasteiger charge is -2.39. The molecule has 0 unspecified atom stereocenters. The number of hydrogen-bond donors (Lipinski definition) is 1. The molecule has 0 bridgehead atoms. The molecule has 1 aromatic heterocycles. The molecule has 2 aliphatic heterocycles. The smallest absolute Gasteiger partial charge is 0.216 e. The van der Waals surface area contributed by atoms with Crippen molar-refractivity contribution in [3.63, 3.8) is 0 Å². The number of piperidine rings is 1. The Kier molecular flexibility index (Phi) is 3.97. The number of aliphatic hydroxyl groups is 1. The van der Waals surface area contributed by atoms with Crippen molar-refractivity contribution < 1.29 is 13.5 Å². The Morgan fingerprint density at radius 2 is 2.04 bits per heavy atom. The van der Waals surface area contributed by atoms with Crippen molar-refractivity contribution in [2.45, 2.75) is 37.7 Å². The van der Waals surface area contributed by atoms with E-state index in [9.17, 15) is 13.5 Å². The van der Waals surface area contributed by atoms with E-state index in [4.69, 9.17) is 0 Å². The second-order valence-corrected chi connectivity index (χ2v) is 9.68. The van der Waals surface area contributed by atoms with Crippen LogP contribution in [0.15, 0.2) is 36.8 Å². The van der Waals surface area contributed by atoms with Crippen molar-refractivity contribution in [3.8, 4) is 11.3 Å². The first-order valence-electron chi connectivity index (χ1n) is 8.69. The number of imidazole rings is 1. The molecule has 0 amide bonds. The number of fused-ring (bicyclic) bond motifs is 3. The lowest BCUT2D eigenvalue weighted by molar-refractivity contribution is 0.0341. The first kappa shape index (κ1) is 16.8. The van der Waals surface area contributed by atoms with E-state index in [2.05, 4.69) is 21.7 Å². The molecule has 4 rings (SSSR count). The molecule has 25 heavy (non-hydrogen) atoms. The van der Waals surface area contributed by atoms with Crippen LogP contribution in [-0.4, -0.2) is 51.8 Å². The summed E-state index contributed by atoms with van der Waals surface area (Å²) in [5.74, 6) is -0.0322. The molecule has 7 heteroatoms. The number of β-amino-alcohol motifs (C(OH)–C–C–N with tert-alkyl or cyclic N) is 1. The van der Waals surface area contributed by atoms with Gasteiger partial charge in [-0.15, -0.1) is 0 Å². The van der Waals surface area contributed by atoms with Crippen LogP contribution in [0.25, 0.3) is 11.3 Å². The lowest BCUT2D eigenvalue weighted by atomic mass is 9.84. The van der Waals surface area contributed by atoms with Crippen molar-refractivity contribution in [1.82, 2.24) is 13.9 Å². The maximum absolute atomic E-state index is 12.4. The van der Waals surface area contributed by atoms with E-state index >= 15 is 0 Å². The molecule has 2 aliphatic rings. The Hall–Kier alpha value is -1.70. The largest absolute Gasteiger partial charge is 0.391 e. The Balaban J connectivity index is 1.65. The van der Waals surface area contributed by atoms with Gasteiger partial charge in [-0.2, -0.15) is 4.31 Å². The van der Waals surface area contributed by atoms with Crippen LogP contribution in [0.3, 0.4) is 0 Å². The van der Waals surface area contributed by atoms with Gasteiger partial charge < -0.3 is 9.67 Å². The van der Waals surface area contributed by atoms with Gasteiger partial charge in [0.1, 0.15) is 0 Å². The summed E-state index contributed by atoms with van der Waals surface area (Å²) in [6.07, 6.45) is 3.59. The molecular formula is C18H23N3O3S. The summed E-state index contributed by atoms with van der Waals surface area (Å²) in [6, 6.07) is 8.20. The Morgan fingerprint density at radius 1 is 1.28 bits per heavy atom. The molecule has 6 nitrogen and oxygen atoms in total. The SMILES string of the molecule is CC(C)S(=O)(=O)N1CC[C@H]([C@@H]2c3ccccc3-c3cncn32)[C@@H](O)C1. The molecule has 0 spiro atoms. The van der Waals surface area contributed by atoms with Gasteiger partial charge >= 0.3 is 0 Å². The average Bonchev–Trinajstić information content (AvgIpc) is 3.16. The summed E-state index contributed by atoms with van der Waals surface area (Å²) in [6.45, 7) is 3.97. The molecule has 3 heterocycles. The molecule has 3 atom stereocenters. The van der Waals surface area contributed by atoms with Gasteiger partial charge in [-0.3, -0.25) is 0 Å². The zero-order valence-electron chi connectivity index (χ0n) is 14.4. The van der Waals surface area contributed by atoms with E-state index in [1.807, 2.05) is 24.7 Å². The average molecular weight is 361 g/mol. The Bertz CT molecular complexity index is 890. The van der Waals surface area contributed by atoms with Gasteiger partial charge in [0.2, 0.25) is 10.0 Å². The standard InChI is InChI=1S/C18H23N3O3S/c1-12(2)25(23,24)20-8-7-15(17(22)10-20)18-14-6-4-3-5-13(14)16-9-19-11-21(16)18/h3-6,9,11-12,15,17-18,22H,7-8,10H2,1-2H3/t15-,17-,18-/m0/s1. The van der Waals surface area contributed by atoms with Crippen molar-refractivity contribution in [2.75, 3.05) is 13.1 Å². The number of nitrogens with zero attached hydrogens (tertiary/aromatic N) is 3. The van der Waals surface area contributed by atoms with E-state index in [0.29, 0.717) is 13.0 Å². The van der Waals surface area contributed by atoms with Gasteiger partial charge in [0, 0.05) is 24.6 Å². The third-order valence-corrected chi connectivity index (χ3v) is 7.72. The summed E-state index contributed by atoms with van der Waals surface area (Å²) in [7, 11) is -3.34. The summed E-state index contributed by atoms with van der Waals surface area (Å²) in [5, 5.41) is 10.3. The first-order chi connectivity index (χ1) is 11.9. The zero-order chi connectivity index (χ0) is 17.8. The van der Waals surface area contributed by atoms with E-state index in [1.54, 1.807) is 13.8 Å². The van der Waals surface area contributed by atoms with Crippen LogP contribution in [-0.2, 0) is 10.0 Å². The van der Waals surface area contributed by atoms with E-state index in [0.717, 1.165) is 11.3 Å². The molecule has 1 saturated heterocycles. The van der Waals surface area contributed by atoms with E-state index in [-0.39, 0.29) is 18.5 Å². The third-order valence-electron chi connectivity index (χ3n) is 5.48. The fourth-order valence-corrected chi connectivity index (χ4v) is 5.44. The highest BCUT2D eigenvalue weighted by molar-refractivity contribution is 7.89. The van der Waals surface area contributed by atoms with Crippen molar-refractivity contribution in [3.05, 3.63) is 42.4 Å².